The van der Waals surface area contributed by atoms with Gasteiger partial charge in [-0.3, -0.25) is 4.79 Å². The van der Waals surface area contributed by atoms with Crippen LogP contribution in [0.4, 0.5) is 5.82 Å². The number of rotatable bonds is 5. The summed E-state index contributed by atoms with van der Waals surface area (Å²) in [5.41, 5.74) is 6.47. The van der Waals surface area contributed by atoms with Crippen molar-refractivity contribution in [3.05, 3.63) is 18.5 Å². The van der Waals surface area contributed by atoms with E-state index in [1.165, 1.54) is 0 Å². The van der Waals surface area contributed by atoms with E-state index in [0.29, 0.717) is 13.1 Å². The van der Waals surface area contributed by atoms with Crippen LogP contribution in [0, 0.1) is 11.3 Å². The number of carbonyl (C=O) groups is 1. The average Bonchev–Trinajstić information content (AvgIpc) is 3.08. The smallest absolute Gasteiger partial charge is 0.225 e. The fourth-order valence-electron chi connectivity index (χ4n) is 3.34. The maximum Gasteiger partial charge on any atom is 0.225 e. The summed E-state index contributed by atoms with van der Waals surface area (Å²) in [4.78, 5) is 16.8. The van der Waals surface area contributed by atoms with E-state index in [1.807, 2.05) is 24.1 Å². The zero-order valence-corrected chi connectivity index (χ0v) is 16.4. The van der Waals surface area contributed by atoms with E-state index < -0.39 is 0 Å². The molecule has 0 aliphatic carbocycles. The molecular weight excluding hydrogens is 354 g/mol. The Morgan fingerprint density at radius 3 is 2.69 bits per heavy atom. The molecule has 0 spiro atoms. The molecule has 0 aromatic carbocycles. The van der Waals surface area contributed by atoms with E-state index in [4.69, 9.17) is 5.73 Å². The Bertz CT molecular complexity index is 740. The van der Waals surface area contributed by atoms with Gasteiger partial charge in [0.25, 0.3) is 0 Å². The van der Waals surface area contributed by atoms with Gasteiger partial charge in [0.2, 0.25) is 5.91 Å². The van der Waals surface area contributed by atoms with E-state index in [2.05, 4.69) is 34.0 Å². The Balaban J connectivity index is 0.00000243. The molecular formula is C17H28ClN7O. The number of aromatic nitrogens is 4. The summed E-state index contributed by atoms with van der Waals surface area (Å²) < 4.78 is 1.68. The number of nitrogens with zero attached hydrogens (tertiary/aromatic N) is 6. The van der Waals surface area contributed by atoms with Gasteiger partial charge in [-0.15, -0.1) is 27.7 Å². The number of hydrogen-bond acceptors (Lipinski definition) is 6. The lowest BCUT2D eigenvalue weighted by molar-refractivity contribution is -0.136. The summed E-state index contributed by atoms with van der Waals surface area (Å²) in [5.74, 6) is 1.20. The standard InChI is InChI=1S/C17H27N7O.ClH/c1-17(2,10-18)11-22(3)16(25)13-6-8-23(9-7-13)15-5-4-14-20-19-12-24(14)21-15;/h4-5,12-13H,6-11,18H2,1-3H3;1H. The first kappa shape index (κ1) is 20.4. The van der Waals surface area contributed by atoms with Crippen molar-refractivity contribution < 1.29 is 4.79 Å². The maximum absolute atomic E-state index is 12.7. The normalized spacial score (nSPS) is 15.8. The van der Waals surface area contributed by atoms with Crippen LogP contribution in [-0.2, 0) is 4.79 Å². The van der Waals surface area contributed by atoms with Crippen molar-refractivity contribution in [3.63, 3.8) is 0 Å². The zero-order valence-electron chi connectivity index (χ0n) is 15.6. The van der Waals surface area contributed by atoms with Gasteiger partial charge in [-0.2, -0.15) is 4.52 Å². The van der Waals surface area contributed by atoms with Gasteiger partial charge in [-0.05, 0) is 36.9 Å². The predicted molar refractivity (Wildman–Crippen MR) is 103 cm³/mol. The molecule has 2 aromatic rings. The molecule has 144 valence electrons. The minimum absolute atomic E-state index is 0. The third kappa shape index (κ3) is 4.42. The highest BCUT2D eigenvalue weighted by Gasteiger charge is 2.30. The Kier molecular flexibility index (Phi) is 6.41. The highest BCUT2D eigenvalue weighted by atomic mass is 35.5. The van der Waals surface area contributed by atoms with Gasteiger partial charge in [0.1, 0.15) is 12.1 Å². The second-order valence-electron chi connectivity index (χ2n) is 7.65. The molecule has 0 radical (unpaired) electrons. The van der Waals surface area contributed by atoms with E-state index in [9.17, 15) is 4.79 Å². The van der Waals surface area contributed by atoms with Crippen molar-refractivity contribution in [1.29, 1.82) is 0 Å². The summed E-state index contributed by atoms with van der Waals surface area (Å²) in [6.45, 7) is 7.09. The lowest BCUT2D eigenvalue weighted by atomic mass is 9.91. The Labute approximate surface area is 160 Å². The van der Waals surface area contributed by atoms with Gasteiger partial charge in [-0.25, -0.2) is 0 Å². The van der Waals surface area contributed by atoms with Gasteiger partial charge in [0, 0.05) is 32.6 Å². The van der Waals surface area contributed by atoms with Crippen LogP contribution in [0.15, 0.2) is 18.5 Å². The van der Waals surface area contributed by atoms with Crippen LogP contribution < -0.4 is 10.6 Å². The summed E-state index contributed by atoms with van der Waals surface area (Å²) in [7, 11) is 1.88. The highest BCUT2D eigenvalue weighted by Crippen LogP contribution is 2.24. The number of nitrogens with two attached hydrogens (primary N) is 1. The number of halogens is 1. The van der Waals surface area contributed by atoms with E-state index >= 15 is 0 Å². The zero-order chi connectivity index (χ0) is 18.0. The van der Waals surface area contributed by atoms with Crippen molar-refractivity contribution in [2.24, 2.45) is 17.1 Å². The van der Waals surface area contributed by atoms with Gasteiger partial charge >= 0.3 is 0 Å². The van der Waals surface area contributed by atoms with Crippen LogP contribution in [-0.4, -0.2) is 63.8 Å². The molecule has 0 bridgehead atoms. The van der Waals surface area contributed by atoms with Crippen molar-refractivity contribution in [2.75, 3.05) is 38.1 Å². The second kappa shape index (κ2) is 8.18. The molecule has 1 amide bonds. The molecule has 0 atom stereocenters. The minimum atomic E-state index is -0.0523. The molecule has 1 saturated heterocycles. The summed E-state index contributed by atoms with van der Waals surface area (Å²) in [6.07, 6.45) is 3.28. The molecule has 2 aromatic heterocycles. The van der Waals surface area contributed by atoms with Gasteiger partial charge in [0.15, 0.2) is 5.65 Å². The van der Waals surface area contributed by atoms with E-state index in [0.717, 1.165) is 37.4 Å². The van der Waals surface area contributed by atoms with Gasteiger partial charge in [-0.1, -0.05) is 13.8 Å². The summed E-state index contributed by atoms with van der Waals surface area (Å²) >= 11 is 0. The Hall–Kier alpha value is -1.93. The number of amides is 1. The first-order chi connectivity index (χ1) is 11.9. The molecule has 0 saturated carbocycles. The predicted octanol–water partition coefficient (Wildman–Crippen LogP) is 1.21. The quantitative estimate of drug-likeness (QED) is 0.836. The minimum Gasteiger partial charge on any atom is -0.355 e. The average molecular weight is 382 g/mol. The number of hydrogen-bond donors (Lipinski definition) is 1. The van der Waals surface area contributed by atoms with E-state index in [1.54, 1.807) is 10.8 Å². The van der Waals surface area contributed by atoms with Crippen molar-refractivity contribution in [1.82, 2.24) is 24.7 Å². The van der Waals surface area contributed by atoms with Crippen molar-refractivity contribution in [3.8, 4) is 0 Å². The molecule has 2 N–H and O–H groups in total. The van der Waals surface area contributed by atoms with Gasteiger partial charge in [0.05, 0.1) is 0 Å². The number of carbonyl (C=O) groups excluding carboxylic acids is 1. The molecule has 9 heteroatoms. The van der Waals surface area contributed by atoms with Crippen molar-refractivity contribution in [2.45, 2.75) is 26.7 Å². The SMILES string of the molecule is CN(CC(C)(C)CN)C(=O)C1CCN(c2ccc3nncn3n2)CC1.Cl. The van der Waals surface area contributed by atoms with Gasteiger partial charge < -0.3 is 15.5 Å². The third-order valence-corrected chi connectivity index (χ3v) is 4.91. The summed E-state index contributed by atoms with van der Waals surface area (Å²) in [6, 6.07) is 3.87. The Morgan fingerprint density at radius 1 is 1.35 bits per heavy atom. The monoisotopic (exact) mass is 381 g/mol. The molecule has 3 heterocycles. The molecule has 1 fully saturated rings. The maximum atomic E-state index is 12.7. The molecule has 8 nitrogen and oxygen atoms in total. The van der Waals surface area contributed by atoms with Crippen LogP contribution in [0.1, 0.15) is 26.7 Å². The Morgan fingerprint density at radius 2 is 2.04 bits per heavy atom. The molecule has 26 heavy (non-hydrogen) atoms. The first-order valence-electron chi connectivity index (χ1n) is 8.77. The number of piperidine rings is 1. The molecule has 1 aliphatic heterocycles. The van der Waals surface area contributed by atoms with Crippen LogP contribution in [0.2, 0.25) is 0 Å². The largest absolute Gasteiger partial charge is 0.355 e. The van der Waals surface area contributed by atoms with Crippen LogP contribution >= 0.6 is 12.4 Å². The van der Waals surface area contributed by atoms with Crippen LogP contribution in [0.5, 0.6) is 0 Å². The van der Waals surface area contributed by atoms with E-state index in [-0.39, 0.29) is 29.6 Å². The van der Waals surface area contributed by atoms with Crippen molar-refractivity contribution >= 4 is 29.8 Å². The van der Waals surface area contributed by atoms with Crippen LogP contribution in [0.3, 0.4) is 0 Å². The summed E-state index contributed by atoms with van der Waals surface area (Å²) in [5, 5.41) is 12.4. The number of fused-ring (bicyclic) bond motifs is 1. The molecule has 1 aliphatic rings. The lowest BCUT2D eigenvalue weighted by Crippen LogP contribution is -2.45. The third-order valence-electron chi connectivity index (χ3n) is 4.91. The fraction of sp³-hybridized carbons (Fsp3) is 0.647. The van der Waals surface area contributed by atoms with Crippen LogP contribution in [0.25, 0.3) is 5.65 Å². The topological polar surface area (TPSA) is 92.6 Å². The second-order valence-corrected chi connectivity index (χ2v) is 7.65. The highest BCUT2D eigenvalue weighted by molar-refractivity contribution is 5.85. The number of anilines is 1. The molecule has 3 rings (SSSR count). The molecule has 0 unspecified atom stereocenters. The first-order valence-corrected chi connectivity index (χ1v) is 8.77. The fourth-order valence-corrected chi connectivity index (χ4v) is 3.34. The lowest BCUT2D eigenvalue weighted by Gasteiger charge is -2.35.